The molecule has 4 rings (SSSR count). The van der Waals surface area contributed by atoms with E-state index in [1.54, 1.807) is 13.0 Å². The zero-order valence-corrected chi connectivity index (χ0v) is 32.7. The quantitative estimate of drug-likeness (QED) is 0.0721. The van der Waals surface area contributed by atoms with Crippen LogP contribution in [0, 0.1) is 50.2 Å². The third-order valence-corrected chi connectivity index (χ3v) is 15.5. The van der Waals surface area contributed by atoms with Crippen molar-refractivity contribution in [2.24, 2.45) is 50.2 Å². The molecule has 3 unspecified atom stereocenters. The van der Waals surface area contributed by atoms with Crippen LogP contribution >= 0.6 is 0 Å². The van der Waals surface area contributed by atoms with Crippen molar-refractivity contribution in [3.63, 3.8) is 0 Å². The highest BCUT2D eigenvalue weighted by Gasteiger charge is 2.70. The summed E-state index contributed by atoms with van der Waals surface area (Å²) in [5.41, 5.74) is -2.62. The second kappa shape index (κ2) is 14.9. The fourth-order valence-corrected chi connectivity index (χ4v) is 11.9. The number of unbranched alkanes of at least 4 members (excludes halogenated alkanes) is 2. The molecule has 0 aromatic heterocycles. The number of ether oxygens (including phenoxy) is 2. The van der Waals surface area contributed by atoms with Crippen LogP contribution in [-0.4, -0.2) is 70.0 Å². The largest absolute Gasteiger partial charge is 0.465 e. The lowest BCUT2D eigenvalue weighted by Gasteiger charge is -2.70. The van der Waals surface area contributed by atoms with Crippen LogP contribution < -0.4 is 0 Å². The Bertz CT molecular complexity index is 1280. The van der Waals surface area contributed by atoms with Crippen LogP contribution in [0.25, 0.3) is 0 Å². The molecule has 8 nitrogen and oxygen atoms in total. The maximum absolute atomic E-state index is 12.9. The van der Waals surface area contributed by atoms with E-state index in [2.05, 4.69) is 41.2 Å². The maximum Gasteiger partial charge on any atom is 0.333 e. The number of allylic oxidation sites excluding steroid dienone is 2. The first kappa shape index (κ1) is 41.0. The summed E-state index contributed by atoms with van der Waals surface area (Å²) in [6.07, 6.45) is 8.49. The van der Waals surface area contributed by atoms with Crippen molar-refractivity contribution in [3.8, 4) is 0 Å². The third kappa shape index (κ3) is 6.78. The minimum absolute atomic E-state index is 0.101. The standard InChI is InChI=1S/C42H70O8/c1-11-14-15-17-33(45)49-26-42-28(22-37(5,6)34(46)35(42)47)23-38(7,24-32(42)44)41(10)21-18-29-39(8,30(41)16-12-2)20-19-31(43)40(29,9)25-50-36(48)27(4)13-3/h12-13,28-32,34-35,43-44,46-47H,2,11,14-26H2,1,3-10H3/t28?,29?,30?,31-,32+,34-,35-,38-,39-,40+,41+,42-/m0/s1. The summed E-state index contributed by atoms with van der Waals surface area (Å²) in [7, 11) is 0. The van der Waals surface area contributed by atoms with Crippen LogP contribution in [0.3, 0.4) is 0 Å². The van der Waals surface area contributed by atoms with Gasteiger partial charge in [-0.2, -0.15) is 0 Å². The van der Waals surface area contributed by atoms with E-state index >= 15 is 0 Å². The number of hydrogen-bond acceptors (Lipinski definition) is 8. The molecule has 0 bridgehead atoms. The van der Waals surface area contributed by atoms with Crippen molar-refractivity contribution >= 4 is 11.9 Å². The Kier molecular flexibility index (Phi) is 12.3. The van der Waals surface area contributed by atoms with Crippen molar-refractivity contribution in [2.75, 3.05) is 13.2 Å². The number of aliphatic hydroxyl groups is 4. The molecule has 12 atom stereocenters. The second-order valence-corrected chi connectivity index (χ2v) is 18.7. The Balaban J connectivity index is 1.70. The predicted molar refractivity (Wildman–Crippen MR) is 196 cm³/mol. The van der Waals surface area contributed by atoms with Crippen molar-refractivity contribution in [3.05, 3.63) is 24.3 Å². The Hall–Kier alpha value is -1.74. The number of esters is 2. The van der Waals surface area contributed by atoms with Crippen LogP contribution in [0.4, 0.5) is 0 Å². The average molecular weight is 703 g/mol. The minimum atomic E-state index is -1.24. The van der Waals surface area contributed by atoms with Crippen LogP contribution in [0.5, 0.6) is 0 Å². The van der Waals surface area contributed by atoms with Gasteiger partial charge in [0, 0.05) is 17.4 Å². The van der Waals surface area contributed by atoms with Gasteiger partial charge >= 0.3 is 11.9 Å². The Labute approximate surface area is 302 Å². The SMILES string of the molecule is C=CCC1[C@@]2(C)CC[C@H](O)[C@](C)(COC(=O)C(C)=CC)C2CC[C@@]1(C)[C@@]1(C)CC2CC(C)(C)[C@@H](O)[C@H](O)[C@]2(COC(=O)CCCCC)[C@H](O)C1. The summed E-state index contributed by atoms with van der Waals surface area (Å²) >= 11 is 0. The molecule has 50 heavy (non-hydrogen) atoms. The summed E-state index contributed by atoms with van der Waals surface area (Å²) in [5.74, 6) is -0.591. The molecule has 0 aliphatic heterocycles. The van der Waals surface area contributed by atoms with E-state index in [4.69, 9.17) is 9.47 Å². The fraction of sp³-hybridized carbons (Fsp3) is 0.857. The summed E-state index contributed by atoms with van der Waals surface area (Å²) in [6.45, 7) is 23.0. The molecule has 0 aromatic carbocycles. The van der Waals surface area contributed by atoms with Gasteiger partial charge in [0.05, 0.1) is 36.4 Å². The highest BCUT2D eigenvalue weighted by atomic mass is 16.5. The number of rotatable bonds is 12. The van der Waals surface area contributed by atoms with Crippen LogP contribution in [-0.2, 0) is 19.1 Å². The summed E-state index contributed by atoms with van der Waals surface area (Å²) in [5, 5.41) is 47.2. The molecule has 4 N–H and O–H groups in total. The first-order valence-electron chi connectivity index (χ1n) is 19.5. The van der Waals surface area contributed by atoms with Gasteiger partial charge in [-0.15, -0.1) is 6.58 Å². The summed E-state index contributed by atoms with van der Waals surface area (Å²) < 4.78 is 11.8. The van der Waals surface area contributed by atoms with Gasteiger partial charge in [-0.3, -0.25) is 4.79 Å². The highest BCUT2D eigenvalue weighted by molar-refractivity contribution is 5.87. The maximum atomic E-state index is 12.9. The molecule has 286 valence electrons. The smallest absolute Gasteiger partial charge is 0.333 e. The van der Waals surface area contributed by atoms with E-state index in [0.717, 1.165) is 51.4 Å². The highest BCUT2D eigenvalue weighted by Crippen LogP contribution is 2.73. The molecule has 0 radical (unpaired) electrons. The van der Waals surface area contributed by atoms with Gasteiger partial charge in [0.1, 0.15) is 6.61 Å². The third-order valence-electron chi connectivity index (χ3n) is 15.5. The van der Waals surface area contributed by atoms with Gasteiger partial charge in [-0.05, 0) is 111 Å². The van der Waals surface area contributed by atoms with Gasteiger partial charge in [-0.25, -0.2) is 4.79 Å². The molecule has 4 aliphatic carbocycles. The zero-order chi connectivity index (χ0) is 37.5. The molecule has 0 saturated heterocycles. The van der Waals surface area contributed by atoms with E-state index in [0.29, 0.717) is 31.3 Å². The van der Waals surface area contributed by atoms with Gasteiger partial charge in [-0.1, -0.05) is 73.5 Å². The molecule has 4 aliphatic rings. The van der Waals surface area contributed by atoms with Crippen molar-refractivity contribution in [2.45, 2.75) is 164 Å². The van der Waals surface area contributed by atoms with Crippen LogP contribution in [0.2, 0.25) is 0 Å². The van der Waals surface area contributed by atoms with E-state index in [9.17, 15) is 30.0 Å². The number of fused-ring (bicyclic) bond motifs is 2. The number of hydrogen-bond donors (Lipinski definition) is 4. The fourth-order valence-electron chi connectivity index (χ4n) is 11.9. The molecular formula is C42H70O8. The first-order chi connectivity index (χ1) is 23.2. The summed E-state index contributed by atoms with van der Waals surface area (Å²) in [4.78, 5) is 25.6. The Morgan fingerprint density at radius 3 is 2.16 bits per heavy atom. The van der Waals surface area contributed by atoms with E-state index in [1.165, 1.54) is 0 Å². The van der Waals surface area contributed by atoms with Crippen molar-refractivity contribution in [1.29, 1.82) is 0 Å². The molecule has 4 saturated carbocycles. The van der Waals surface area contributed by atoms with Crippen LogP contribution in [0.1, 0.15) is 139 Å². The molecule has 0 spiro atoms. The van der Waals surface area contributed by atoms with E-state index < -0.39 is 40.7 Å². The van der Waals surface area contributed by atoms with Crippen molar-refractivity contribution in [1.82, 2.24) is 0 Å². The van der Waals surface area contributed by atoms with E-state index in [1.807, 2.05) is 26.8 Å². The molecule has 0 heterocycles. The molecule has 4 fully saturated rings. The van der Waals surface area contributed by atoms with Gasteiger partial charge in [0.25, 0.3) is 0 Å². The average Bonchev–Trinajstić information content (AvgIpc) is 3.05. The summed E-state index contributed by atoms with van der Waals surface area (Å²) in [6, 6.07) is 0. The van der Waals surface area contributed by atoms with Gasteiger partial charge < -0.3 is 29.9 Å². The molecular weight excluding hydrogens is 632 g/mol. The lowest BCUT2D eigenvalue weighted by molar-refractivity contribution is -0.277. The van der Waals surface area contributed by atoms with Gasteiger partial charge in [0.15, 0.2) is 0 Å². The lowest BCUT2D eigenvalue weighted by Crippen LogP contribution is -2.70. The van der Waals surface area contributed by atoms with E-state index in [-0.39, 0.29) is 59.2 Å². The number of carbonyl (C=O) groups excluding carboxylic acids is 2. The normalized spacial score (nSPS) is 44.4. The topological polar surface area (TPSA) is 134 Å². The Morgan fingerprint density at radius 2 is 1.54 bits per heavy atom. The number of aliphatic hydroxyl groups excluding tert-OH is 4. The molecule has 0 aromatic rings. The first-order valence-corrected chi connectivity index (χ1v) is 19.5. The molecule has 8 heteroatoms. The van der Waals surface area contributed by atoms with Crippen molar-refractivity contribution < 1.29 is 39.5 Å². The predicted octanol–water partition coefficient (Wildman–Crippen LogP) is 7.31. The lowest BCUT2D eigenvalue weighted by atomic mass is 9.35. The monoisotopic (exact) mass is 703 g/mol. The van der Waals surface area contributed by atoms with Crippen LogP contribution in [0.15, 0.2) is 24.3 Å². The second-order valence-electron chi connectivity index (χ2n) is 18.7. The minimum Gasteiger partial charge on any atom is -0.465 e. The van der Waals surface area contributed by atoms with Gasteiger partial charge in [0.2, 0.25) is 0 Å². The molecule has 0 amide bonds. The Morgan fingerprint density at radius 1 is 0.860 bits per heavy atom. The zero-order valence-electron chi connectivity index (χ0n) is 32.7. The number of carbonyl (C=O) groups is 2.